The Balaban J connectivity index is 1.09. The van der Waals surface area contributed by atoms with Crippen LogP contribution in [-0.2, 0) is 27.4 Å². The molecule has 2 saturated carbocycles. The largest absolute Gasteiger partial charge is 0.456 e. The Morgan fingerprint density at radius 2 is 1.60 bits per heavy atom. The minimum atomic E-state index is -2.78. The van der Waals surface area contributed by atoms with E-state index >= 15 is 4.39 Å². The predicted molar refractivity (Wildman–Crippen MR) is 195 cm³/mol. The van der Waals surface area contributed by atoms with Crippen LogP contribution in [0.2, 0.25) is 0 Å². The quantitative estimate of drug-likeness (QED) is 0.156. The number of likely N-dealkylation sites (tertiary alicyclic amines) is 2. The fourth-order valence-electron chi connectivity index (χ4n) is 8.62. The highest BCUT2D eigenvalue weighted by atomic mass is 19.3. The zero-order valence-corrected chi connectivity index (χ0v) is 32.2. The molecule has 2 aliphatic heterocycles. The van der Waals surface area contributed by atoms with Gasteiger partial charge in [-0.1, -0.05) is 32.0 Å². The lowest BCUT2D eigenvalue weighted by Crippen LogP contribution is -2.63. The average Bonchev–Trinajstić information content (AvgIpc) is 3.38. The number of halogens is 4. The number of nitrogens with zero attached hydrogens (tertiary/aromatic N) is 4. The van der Waals surface area contributed by atoms with Crippen molar-refractivity contribution in [2.75, 3.05) is 32.8 Å². The summed E-state index contributed by atoms with van der Waals surface area (Å²) in [7, 11) is 0. The van der Waals surface area contributed by atoms with Gasteiger partial charge in [0.1, 0.15) is 17.2 Å². The summed E-state index contributed by atoms with van der Waals surface area (Å²) in [5.74, 6) is -5.21. The molecule has 3 aromatic rings. The molecule has 4 aliphatic rings. The van der Waals surface area contributed by atoms with Gasteiger partial charge in [0.2, 0.25) is 11.8 Å². The van der Waals surface area contributed by atoms with Crippen LogP contribution in [0.5, 0.6) is 0 Å². The van der Waals surface area contributed by atoms with Gasteiger partial charge in [0.05, 0.1) is 37.1 Å². The zero-order chi connectivity index (χ0) is 39.5. The van der Waals surface area contributed by atoms with E-state index in [0.717, 1.165) is 12.0 Å². The Kier molecular flexibility index (Phi) is 10.2. The van der Waals surface area contributed by atoms with Gasteiger partial charge >= 0.3 is 5.97 Å². The van der Waals surface area contributed by atoms with E-state index in [1.54, 1.807) is 48.7 Å². The topological polar surface area (TPSA) is 94.0 Å². The number of hydrogen-bond acceptors (Lipinski definition) is 6. The number of esters is 1. The molecule has 55 heavy (non-hydrogen) atoms. The van der Waals surface area contributed by atoms with E-state index in [1.165, 1.54) is 30.5 Å². The molecule has 2 aromatic carbocycles. The first-order valence-corrected chi connectivity index (χ1v) is 19.2. The van der Waals surface area contributed by atoms with E-state index in [-0.39, 0.29) is 90.8 Å². The highest BCUT2D eigenvalue weighted by Crippen LogP contribution is 2.55. The Labute approximate surface area is 319 Å². The number of carbonyl (C=O) groups is 3. The molecule has 13 heteroatoms. The second-order valence-electron chi connectivity index (χ2n) is 17.9. The maximum atomic E-state index is 15.7. The van der Waals surface area contributed by atoms with E-state index < -0.39 is 28.7 Å². The summed E-state index contributed by atoms with van der Waals surface area (Å²) in [6, 6.07) is 8.83. The molecule has 9 nitrogen and oxygen atoms in total. The summed E-state index contributed by atoms with van der Waals surface area (Å²) in [6.07, 6.45) is 3.68. The summed E-state index contributed by atoms with van der Waals surface area (Å²) in [5, 5.41) is 4.36. The SMILES string of the molecule is CC(C)(C)OC(=O)c1c(C2CCC(F)(F)CC2)ccc(F)c1COCC1CN(C(=O)c2cnn(Cc3ccc(F)cc3)c2)CC12CN(C(=O)[C@H]1CC1(C)C)C2. The first-order valence-electron chi connectivity index (χ1n) is 19.2. The van der Waals surface area contributed by atoms with Gasteiger partial charge in [-0.25, -0.2) is 22.4 Å². The maximum absolute atomic E-state index is 15.7. The average molecular weight is 767 g/mol. The molecule has 2 atom stereocenters. The Morgan fingerprint density at radius 1 is 0.945 bits per heavy atom. The molecular weight excluding hydrogens is 716 g/mol. The van der Waals surface area contributed by atoms with Crippen molar-refractivity contribution in [2.45, 2.75) is 97.3 Å². The summed E-state index contributed by atoms with van der Waals surface area (Å²) in [6.45, 7) is 11.1. The van der Waals surface area contributed by atoms with Gasteiger partial charge in [-0.3, -0.25) is 14.3 Å². The van der Waals surface area contributed by atoms with Crippen molar-refractivity contribution in [1.82, 2.24) is 19.6 Å². The highest BCUT2D eigenvalue weighted by Gasteiger charge is 2.60. The molecule has 1 spiro atoms. The van der Waals surface area contributed by atoms with Crippen molar-refractivity contribution >= 4 is 17.8 Å². The third-order valence-electron chi connectivity index (χ3n) is 12.0. The number of carbonyl (C=O) groups excluding carboxylic acids is 3. The molecule has 4 fully saturated rings. The molecule has 0 radical (unpaired) electrons. The van der Waals surface area contributed by atoms with Crippen molar-refractivity contribution in [3.05, 3.63) is 88.2 Å². The van der Waals surface area contributed by atoms with E-state index in [4.69, 9.17) is 9.47 Å². The number of alkyl halides is 2. The second-order valence-corrected chi connectivity index (χ2v) is 17.9. The van der Waals surface area contributed by atoms with Crippen LogP contribution in [0.3, 0.4) is 0 Å². The van der Waals surface area contributed by atoms with Gasteiger partial charge in [0.15, 0.2) is 0 Å². The minimum Gasteiger partial charge on any atom is -0.456 e. The lowest BCUT2D eigenvalue weighted by molar-refractivity contribution is -0.148. The minimum absolute atomic E-state index is 0.0130. The number of aromatic nitrogens is 2. The van der Waals surface area contributed by atoms with Crippen LogP contribution in [0.1, 0.15) is 110 Å². The van der Waals surface area contributed by atoms with Gasteiger partial charge in [-0.05, 0) is 80.7 Å². The third-order valence-corrected chi connectivity index (χ3v) is 12.0. The zero-order valence-electron chi connectivity index (χ0n) is 32.2. The van der Waals surface area contributed by atoms with Gasteiger partial charge < -0.3 is 19.3 Å². The van der Waals surface area contributed by atoms with Gasteiger partial charge in [0, 0.05) is 68.0 Å². The van der Waals surface area contributed by atoms with Crippen LogP contribution in [0, 0.1) is 34.3 Å². The lowest BCUT2D eigenvalue weighted by Gasteiger charge is -2.51. The summed E-state index contributed by atoms with van der Waals surface area (Å²) < 4.78 is 70.9. The first-order chi connectivity index (χ1) is 25.8. The number of amides is 2. The fourth-order valence-corrected chi connectivity index (χ4v) is 8.62. The van der Waals surface area contributed by atoms with Crippen molar-refractivity contribution in [2.24, 2.45) is 22.7 Å². The smallest absolute Gasteiger partial charge is 0.339 e. The Bertz CT molecular complexity index is 1940. The van der Waals surface area contributed by atoms with Gasteiger partial charge in [0.25, 0.3) is 5.91 Å². The molecule has 296 valence electrons. The summed E-state index contributed by atoms with van der Waals surface area (Å²) in [5.41, 5.74) is 0.378. The normalized spacial score (nSPS) is 22.8. The molecule has 2 saturated heterocycles. The van der Waals surface area contributed by atoms with Crippen LogP contribution in [-0.4, -0.2) is 81.7 Å². The van der Waals surface area contributed by atoms with Crippen LogP contribution in [0.15, 0.2) is 48.8 Å². The molecule has 0 N–H and O–H groups in total. The molecule has 0 bridgehead atoms. The van der Waals surface area contributed by atoms with Crippen LogP contribution in [0.4, 0.5) is 17.6 Å². The highest BCUT2D eigenvalue weighted by molar-refractivity contribution is 5.94. The summed E-state index contributed by atoms with van der Waals surface area (Å²) >= 11 is 0. The fraction of sp³-hybridized carbons (Fsp3) is 0.571. The monoisotopic (exact) mass is 766 g/mol. The molecular formula is C42H50F4N4O5. The molecule has 7 rings (SSSR count). The van der Waals surface area contributed by atoms with E-state index in [9.17, 15) is 27.6 Å². The standard InChI is InChI=1S/C42H50F4N4O5/c1-39(2,3)55-38(53)35-31(27-12-14-42(45,46)15-13-27)10-11-34(44)32(35)22-54-21-29-20-48(23-41(29)24-49(25-41)37(52)33-16-40(33,4)5)36(51)28-17-47-50(19-28)18-26-6-8-30(43)9-7-26/h6-11,17,19,27,29,33H,12-16,18,20-25H2,1-5H3/t29?,33-/m1/s1. The molecule has 1 unspecified atom stereocenters. The molecule has 3 heterocycles. The number of ether oxygens (including phenoxy) is 2. The number of benzene rings is 2. The van der Waals surface area contributed by atoms with Gasteiger partial charge in [-0.15, -0.1) is 0 Å². The lowest BCUT2D eigenvalue weighted by atomic mass is 9.71. The van der Waals surface area contributed by atoms with Gasteiger partial charge in [-0.2, -0.15) is 5.10 Å². The van der Waals surface area contributed by atoms with Crippen molar-refractivity contribution < 1.29 is 41.4 Å². The third kappa shape index (κ3) is 8.32. The van der Waals surface area contributed by atoms with Crippen molar-refractivity contribution in [3.8, 4) is 0 Å². The number of rotatable bonds is 10. The molecule has 2 aliphatic carbocycles. The second kappa shape index (κ2) is 14.4. The first kappa shape index (κ1) is 39.0. The van der Waals surface area contributed by atoms with E-state index in [2.05, 4.69) is 18.9 Å². The van der Waals surface area contributed by atoms with Crippen molar-refractivity contribution in [3.63, 3.8) is 0 Å². The van der Waals surface area contributed by atoms with Crippen LogP contribution in [0.25, 0.3) is 0 Å². The van der Waals surface area contributed by atoms with E-state index in [0.29, 0.717) is 43.9 Å². The summed E-state index contributed by atoms with van der Waals surface area (Å²) in [4.78, 5) is 44.5. The number of hydrogen-bond donors (Lipinski definition) is 0. The molecule has 2 amide bonds. The van der Waals surface area contributed by atoms with E-state index in [1.807, 2.05) is 4.90 Å². The Hall–Kier alpha value is -4.26. The van der Waals surface area contributed by atoms with Crippen molar-refractivity contribution in [1.29, 1.82) is 0 Å². The van der Waals surface area contributed by atoms with Crippen LogP contribution < -0.4 is 0 Å². The molecule has 1 aromatic heterocycles. The predicted octanol–water partition coefficient (Wildman–Crippen LogP) is 7.62. The van der Waals surface area contributed by atoms with Crippen LogP contribution >= 0.6 is 0 Å². The maximum Gasteiger partial charge on any atom is 0.339 e. The Morgan fingerprint density at radius 3 is 2.24 bits per heavy atom.